The fourth-order valence-corrected chi connectivity index (χ4v) is 1.82. The van der Waals surface area contributed by atoms with Crippen molar-refractivity contribution in [2.24, 2.45) is 0 Å². The second kappa shape index (κ2) is 7.33. The molecule has 0 saturated heterocycles. The van der Waals surface area contributed by atoms with Gasteiger partial charge in [0.1, 0.15) is 0 Å². The van der Waals surface area contributed by atoms with Gasteiger partial charge in [0, 0.05) is 11.8 Å². The first-order chi connectivity index (χ1) is 11.4. The molecule has 0 spiro atoms. The number of nitrogens with zero attached hydrogens (tertiary/aromatic N) is 1. The summed E-state index contributed by atoms with van der Waals surface area (Å²) < 4.78 is 30.9. The Morgan fingerprint density at radius 2 is 1.92 bits per heavy atom. The first-order valence-corrected chi connectivity index (χ1v) is 6.88. The maximum Gasteiger partial charge on any atom is 0.338 e. The first-order valence-electron chi connectivity index (χ1n) is 6.88. The quantitative estimate of drug-likeness (QED) is 0.874. The second-order valence-corrected chi connectivity index (χ2v) is 4.86. The van der Waals surface area contributed by atoms with Crippen LogP contribution in [0.1, 0.15) is 22.8 Å². The molecule has 7 heteroatoms. The van der Waals surface area contributed by atoms with E-state index in [-0.39, 0.29) is 16.8 Å². The Balaban J connectivity index is 2.01. The van der Waals surface area contributed by atoms with E-state index in [4.69, 9.17) is 10.00 Å². The normalized spacial score (nSPS) is 11.2. The number of rotatable bonds is 4. The number of carbonyl (C=O) groups excluding carboxylic acids is 2. The SMILES string of the molecule is C[C@H](OC(=O)c1cccc(C#N)c1)C(=O)Nc1ccc(F)c(F)c1. The Bertz CT molecular complexity index is 831. The van der Waals surface area contributed by atoms with Crippen LogP contribution in [0.4, 0.5) is 14.5 Å². The monoisotopic (exact) mass is 330 g/mol. The molecule has 2 rings (SSSR count). The molecule has 0 bridgehead atoms. The minimum absolute atomic E-state index is 0.0354. The van der Waals surface area contributed by atoms with Crippen LogP contribution in [-0.4, -0.2) is 18.0 Å². The summed E-state index contributed by atoms with van der Waals surface area (Å²) in [7, 11) is 0. The molecule has 5 nitrogen and oxygen atoms in total. The molecule has 24 heavy (non-hydrogen) atoms. The van der Waals surface area contributed by atoms with Crippen molar-refractivity contribution in [2.75, 3.05) is 5.32 Å². The number of nitriles is 1. The lowest BCUT2D eigenvalue weighted by Gasteiger charge is -2.13. The van der Waals surface area contributed by atoms with Gasteiger partial charge in [-0.3, -0.25) is 4.79 Å². The van der Waals surface area contributed by atoms with Crippen molar-refractivity contribution >= 4 is 17.6 Å². The van der Waals surface area contributed by atoms with Crippen molar-refractivity contribution in [3.05, 3.63) is 65.2 Å². The van der Waals surface area contributed by atoms with Crippen LogP contribution >= 0.6 is 0 Å². The summed E-state index contributed by atoms with van der Waals surface area (Å²) >= 11 is 0. The van der Waals surface area contributed by atoms with Gasteiger partial charge in [-0.2, -0.15) is 5.26 Å². The van der Waals surface area contributed by atoms with Crippen LogP contribution in [0.5, 0.6) is 0 Å². The van der Waals surface area contributed by atoms with E-state index in [2.05, 4.69) is 5.32 Å². The molecule has 2 aromatic rings. The zero-order valence-electron chi connectivity index (χ0n) is 12.5. The summed E-state index contributed by atoms with van der Waals surface area (Å²) in [5.41, 5.74) is 0.443. The third-order valence-corrected chi connectivity index (χ3v) is 3.07. The van der Waals surface area contributed by atoms with Crippen LogP contribution in [0.2, 0.25) is 0 Å². The topological polar surface area (TPSA) is 79.2 Å². The Hall–Kier alpha value is -3.27. The summed E-state index contributed by atoms with van der Waals surface area (Å²) in [5, 5.41) is 11.1. The molecule has 0 aliphatic rings. The van der Waals surface area contributed by atoms with Crippen LogP contribution in [0.25, 0.3) is 0 Å². The number of carbonyl (C=O) groups is 2. The molecule has 0 heterocycles. The standard InChI is InChI=1S/C17H12F2N2O3/c1-10(16(22)21-13-5-6-14(18)15(19)8-13)24-17(23)12-4-2-3-11(7-12)9-20/h2-8,10H,1H3,(H,21,22)/t10-/m0/s1. The van der Waals surface area contributed by atoms with E-state index in [1.165, 1.54) is 37.3 Å². The molecule has 2 aromatic carbocycles. The van der Waals surface area contributed by atoms with E-state index in [0.29, 0.717) is 0 Å². The van der Waals surface area contributed by atoms with Gasteiger partial charge in [0.05, 0.1) is 17.2 Å². The number of hydrogen-bond acceptors (Lipinski definition) is 4. The number of anilines is 1. The minimum atomic E-state index is -1.17. The highest BCUT2D eigenvalue weighted by atomic mass is 19.2. The van der Waals surface area contributed by atoms with E-state index < -0.39 is 29.6 Å². The zero-order chi connectivity index (χ0) is 17.7. The Labute approximate surface area is 136 Å². The predicted octanol–water partition coefficient (Wildman–Crippen LogP) is 3.02. The molecular formula is C17H12F2N2O3. The summed E-state index contributed by atoms with van der Waals surface area (Å²) in [5.74, 6) is -3.62. The van der Waals surface area contributed by atoms with Crippen LogP contribution in [0.15, 0.2) is 42.5 Å². The van der Waals surface area contributed by atoms with Gasteiger partial charge in [-0.25, -0.2) is 13.6 Å². The number of hydrogen-bond donors (Lipinski definition) is 1. The third-order valence-electron chi connectivity index (χ3n) is 3.07. The summed E-state index contributed by atoms with van der Waals surface area (Å²) in [4.78, 5) is 23.9. The van der Waals surface area contributed by atoms with E-state index in [1.54, 1.807) is 0 Å². The van der Waals surface area contributed by atoms with E-state index in [1.807, 2.05) is 6.07 Å². The van der Waals surface area contributed by atoms with Gasteiger partial charge in [0.25, 0.3) is 5.91 Å². The number of nitrogens with one attached hydrogen (secondary N) is 1. The van der Waals surface area contributed by atoms with Crippen molar-refractivity contribution in [1.29, 1.82) is 5.26 Å². The molecule has 0 radical (unpaired) electrons. The highest BCUT2D eigenvalue weighted by Crippen LogP contribution is 2.14. The molecule has 0 fully saturated rings. The van der Waals surface area contributed by atoms with Crippen LogP contribution < -0.4 is 5.32 Å². The molecule has 1 N–H and O–H groups in total. The second-order valence-electron chi connectivity index (χ2n) is 4.86. The zero-order valence-corrected chi connectivity index (χ0v) is 12.5. The Kier molecular flexibility index (Phi) is 5.22. The molecule has 0 unspecified atom stereocenters. The van der Waals surface area contributed by atoms with Gasteiger partial charge in [-0.05, 0) is 37.3 Å². The van der Waals surface area contributed by atoms with Crippen LogP contribution in [0, 0.1) is 23.0 Å². The van der Waals surface area contributed by atoms with Gasteiger partial charge in [-0.15, -0.1) is 0 Å². The first kappa shape index (κ1) is 17.1. The molecule has 0 saturated carbocycles. The lowest BCUT2D eigenvalue weighted by Crippen LogP contribution is -2.30. The summed E-state index contributed by atoms with van der Waals surface area (Å²) in [6, 6.07) is 10.6. The Morgan fingerprint density at radius 1 is 1.17 bits per heavy atom. The maximum absolute atomic E-state index is 13.1. The van der Waals surface area contributed by atoms with Crippen LogP contribution in [0.3, 0.4) is 0 Å². The van der Waals surface area contributed by atoms with Gasteiger partial charge in [-0.1, -0.05) is 6.07 Å². The molecule has 1 atom stereocenters. The highest BCUT2D eigenvalue weighted by Gasteiger charge is 2.19. The largest absolute Gasteiger partial charge is 0.449 e. The highest BCUT2D eigenvalue weighted by molar-refractivity contribution is 5.97. The van der Waals surface area contributed by atoms with Crippen molar-refractivity contribution in [3.63, 3.8) is 0 Å². The lowest BCUT2D eigenvalue weighted by atomic mass is 10.1. The van der Waals surface area contributed by atoms with E-state index in [9.17, 15) is 18.4 Å². The van der Waals surface area contributed by atoms with Crippen molar-refractivity contribution in [1.82, 2.24) is 0 Å². The predicted molar refractivity (Wildman–Crippen MR) is 81.0 cm³/mol. The molecular weight excluding hydrogens is 318 g/mol. The molecule has 0 aliphatic heterocycles. The molecule has 0 aromatic heterocycles. The Morgan fingerprint density at radius 3 is 2.58 bits per heavy atom. The fraction of sp³-hybridized carbons (Fsp3) is 0.118. The van der Waals surface area contributed by atoms with E-state index in [0.717, 1.165) is 12.1 Å². The van der Waals surface area contributed by atoms with Crippen LogP contribution in [-0.2, 0) is 9.53 Å². The van der Waals surface area contributed by atoms with Crippen molar-refractivity contribution in [3.8, 4) is 6.07 Å². The van der Waals surface area contributed by atoms with Gasteiger partial charge in [0.2, 0.25) is 0 Å². The lowest BCUT2D eigenvalue weighted by molar-refractivity contribution is -0.123. The van der Waals surface area contributed by atoms with Gasteiger partial charge in [0.15, 0.2) is 17.7 Å². The smallest absolute Gasteiger partial charge is 0.338 e. The minimum Gasteiger partial charge on any atom is -0.449 e. The molecule has 1 amide bonds. The number of esters is 1. The van der Waals surface area contributed by atoms with Crippen molar-refractivity contribution in [2.45, 2.75) is 13.0 Å². The molecule has 0 aliphatic carbocycles. The van der Waals surface area contributed by atoms with Gasteiger partial charge >= 0.3 is 5.97 Å². The number of halogens is 2. The average Bonchev–Trinajstić information content (AvgIpc) is 2.58. The van der Waals surface area contributed by atoms with Crippen molar-refractivity contribution < 1.29 is 23.1 Å². The summed E-state index contributed by atoms with van der Waals surface area (Å²) in [6.07, 6.45) is -1.17. The average molecular weight is 330 g/mol. The number of ether oxygens (including phenoxy) is 1. The molecule has 122 valence electrons. The number of amides is 1. The summed E-state index contributed by atoms with van der Waals surface area (Å²) in [6.45, 7) is 1.33. The maximum atomic E-state index is 13.1. The number of benzene rings is 2. The van der Waals surface area contributed by atoms with Gasteiger partial charge < -0.3 is 10.1 Å². The van der Waals surface area contributed by atoms with E-state index >= 15 is 0 Å². The third kappa shape index (κ3) is 4.14. The fourth-order valence-electron chi connectivity index (χ4n) is 1.82.